The number of nitrogens with one attached hydrogen (secondary N) is 2. The summed E-state index contributed by atoms with van der Waals surface area (Å²) in [5, 5.41) is 7.79. The van der Waals surface area contributed by atoms with E-state index in [0.29, 0.717) is 0 Å². The van der Waals surface area contributed by atoms with Gasteiger partial charge in [0.05, 0.1) is 0 Å². The first kappa shape index (κ1) is 13.6. The predicted molar refractivity (Wildman–Crippen MR) is 83.7 cm³/mol. The van der Waals surface area contributed by atoms with Crippen LogP contribution in [0.1, 0.15) is 64.2 Å². The zero-order valence-electron chi connectivity index (χ0n) is 12.9. The second-order valence-electron chi connectivity index (χ2n) is 8.09. The Labute approximate surface area is 124 Å². The van der Waals surface area contributed by atoms with Gasteiger partial charge in [-0.15, -0.1) is 0 Å². The largest absolute Gasteiger partial charge is 0.315 e. The highest BCUT2D eigenvalue weighted by molar-refractivity contribution is 4.94. The summed E-state index contributed by atoms with van der Waals surface area (Å²) in [7, 11) is 0. The van der Waals surface area contributed by atoms with Crippen LogP contribution in [0.2, 0.25) is 0 Å². The van der Waals surface area contributed by atoms with Crippen LogP contribution in [0.3, 0.4) is 0 Å². The van der Waals surface area contributed by atoms with Crippen LogP contribution < -0.4 is 10.6 Å². The fourth-order valence-corrected chi connectivity index (χ4v) is 4.93. The van der Waals surface area contributed by atoms with Gasteiger partial charge in [0.15, 0.2) is 0 Å². The maximum atomic E-state index is 3.96. The van der Waals surface area contributed by atoms with Crippen LogP contribution in [0, 0.1) is 23.7 Å². The molecule has 2 N–H and O–H groups in total. The maximum absolute atomic E-state index is 3.96. The van der Waals surface area contributed by atoms with E-state index in [1.165, 1.54) is 77.3 Å². The van der Waals surface area contributed by atoms with Crippen LogP contribution >= 0.6 is 0 Å². The highest BCUT2D eigenvalue weighted by atomic mass is 15.0. The van der Waals surface area contributed by atoms with E-state index in [1.807, 2.05) is 0 Å². The molecular formula is C18H32N2. The van der Waals surface area contributed by atoms with Gasteiger partial charge in [0.1, 0.15) is 0 Å². The summed E-state index contributed by atoms with van der Waals surface area (Å²) in [6.45, 7) is 2.53. The molecule has 0 amide bonds. The van der Waals surface area contributed by atoms with E-state index in [2.05, 4.69) is 10.6 Å². The van der Waals surface area contributed by atoms with E-state index in [0.717, 1.165) is 35.8 Å². The molecule has 1 saturated heterocycles. The van der Waals surface area contributed by atoms with Crippen molar-refractivity contribution in [3.05, 3.63) is 0 Å². The van der Waals surface area contributed by atoms with Crippen LogP contribution in [0.25, 0.3) is 0 Å². The minimum atomic E-state index is 0.758. The SMILES string of the molecule is C1CCC2NC(CNCC(C3CC3)C3CC3)CCC2C1. The third-order valence-corrected chi connectivity index (χ3v) is 6.47. The highest BCUT2D eigenvalue weighted by Crippen LogP contribution is 2.48. The molecule has 3 saturated carbocycles. The Hall–Kier alpha value is -0.0800. The van der Waals surface area contributed by atoms with Gasteiger partial charge in [-0.1, -0.05) is 12.8 Å². The van der Waals surface area contributed by atoms with Gasteiger partial charge in [-0.2, -0.15) is 0 Å². The summed E-state index contributed by atoms with van der Waals surface area (Å²) in [6, 6.07) is 1.61. The van der Waals surface area contributed by atoms with Crippen LogP contribution in [0.15, 0.2) is 0 Å². The second kappa shape index (κ2) is 5.96. The normalized spacial score (nSPS) is 38.0. The Kier molecular flexibility index (Phi) is 4.05. The van der Waals surface area contributed by atoms with Crippen molar-refractivity contribution in [2.75, 3.05) is 13.1 Å². The summed E-state index contributed by atoms with van der Waals surface area (Å²) >= 11 is 0. The minimum absolute atomic E-state index is 0.758. The molecule has 1 aliphatic heterocycles. The Morgan fingerprint density at radius 1 is 0.850 bits per heavy atom. The molecule has 0 aromatic heterocycles. The Balaban J connectivity index is 1.19. The molecule has 4 rings (SSSR count). The fourth-order valence-electron chi connectivity index (χ4n) is 4.93. The topological polar surface area (TPSA) is 24.1 Å². The van der Waals surface area contributed by atoms with Crippen molar-refractivity contribution < 1.29 is 0 Å². The van der Waals surface area contributed by atoms with Crippen LogP contribution in [0.5, 0.6) is 0 Å². The third kappa shape index (κ3) is 3.22. The third-order valence-electron chi connectivity index (χ3n) is 6.47. The monoisotopic (exact) mass is 276 g/mol. The first-order valence-electron chi connectivity index (χ1n) is 9.37. The van der Waals surface area contributed by atoms with Crippen molar-refractivity contribution in [2.45, 2.75) is 76.3 Å². The molecular weight excluding hydrogens is 244 g/mol. The van der Waals surface area contributed by atoms with Gasteiger partial charge in [0.25, 0.3) is 0 Å². The van der Waals surface area contributed by atoms with Crippen molar-refractivity contribution in [2.24, 2.45) is 23.7 Å². The predicted octanol–water partition coefficient (Wildman–Crippen LogP) is 3.32. The molecule has 4 aliphatic rings. The molecule has 0 aromatic carbocycles. The van der Waals surface area contributed by atoms with E-state index in [1.54, 1.807) is 0 Å². The fraction of sp³-hybridized carbons (Fsp3) is 1.00. The van der Waals surface area contributed by atoms with Gasteiger partial charge in [-0.3, -0.25) is 0 Å². The number of fused-ring (bicyclic) bond motifs is 1. The number of rotatable bonds is 6. The summed E-state index contributed by atoms with van der Waals surface area (Å²) in [4.78, 5) is 0. The molecule has 3 unspecified atom stereocenters. The average molecular weight is 276 g/mol. The minimum Gasteiger partial charge on any atom is -0.315 e. The van der Waals surface area contributed by atoms with E-state index >= 15 is 0 Å². The van der Waals surface area contributed by atoms with E-state index < -0.39 is 0 Å². The van der Waals surface area contributed by atoms with E-state index in [9.17, 15) is 0 Å². The van der Waals surface area contributed by atoms with E-state index in [4.69, 9.17) is 0 Å². The van der Waals surface area contributed by atoms with Gasteiger partial charge >= 0.3 is 0 Å². The van der Waals surface area contributed by atoms with Crippen molar-refractivity contribution in [3.8, 4) is 0 Å². The number of piperidine rings is 1. The molecule has 0 radical (unpaired) electrons. The molecule has 114 valence electrons. The lowest BCUT2D eigenvalue weighted by molar-refractivity contribution is 0.173. The average Bonchev–Trinajstić information content (AvgIpc) is 3.37. The Bertz CT molecular complexity index is 309. The van der Waals surface area contributed by atoms with Gasteiger partial charge in [-0.05, 0) is 81.6 Å². The maximum Gasteiger partial charge on any atom is 0.0195 e. The van der Waals surface area contributed by atoms with Crippen LogP contribution in [0.4, 0.5) is 0 Å². The van der Waals surface area contributed by atoms with Crippen molar-refractivity contribution >= 4 is 0 Å². The molecule has 0 spiro atoms. The molecule has 3 aliphatic carbocycles. The van der Waals surface area contributed by atoms with Crippen LogP contribution in [-0.4, -0.2) is 25.2 Å². The van der Waals surface area contributed by atoms with Crippen molar-refractivity contribution in [3.63, 3.8) is 0 Å². The van der Waals surface area contributed by atoms with Gasteiger partial charge in [0, 0.05) is 18.6 Å². The highest BCUT2D eigenvalue weighted by Gasteiger charge is 2.41. The quantitative estimate of drug-likeness (QED) is 0.777. The summed E-state index contributed by atoms with van der Waals surface area (Å²) in [5.41, 5.74) is 0. The standard InChI is InChI=1S/C18H32N2/c1-2-4-18-15(3-1)9-10-16(20-18)11-19-12-17(13-5-6-13)14-7-8-14/h13-20H,1-12H2. The molecule has 4 fully saturated rings. The zero-order chi connectivity index (χ0) is 13.4. The van der Waals surface area contributed by atoms with E-state index in [-0.39, 0.29) is 0 Å². The number of hydrogen-bond acceptors (Lipinski definition) is 2. The molecule has 2 nitrogen and oxygen atoms in total. The molecule has 0 aromatic rings. The molecule has 3 atom stereocenters. The van der Waals surface area contributed by atoms with Crippen LogP contribution in [-0.2, 0) is 0 Å². The lowest BCUT2D eigenvalue weighted by Crippen LogP contribution is -2.52. The van der Waals surface area contributed by atoms with Gasteiger partial charge < -0.3 is 10.6 Å². The van der Waals surface area contributed by atoms with Crippen molar-refractivity contribution in [1.82, 2.24) is 10.6 Å². The van der Waals surface area contributed by atoms with Gasteiger partial charge in [-0.25, -0.2) is 0 Å². The first-order chi connectivity index (χ1) is 9.90. The number of hydrogen-bond donors (Lipinski definition) is 2. The summed E-state index contributed by atoms with van der Waals surface area (Å²) in [5.74, 6) is 4.22. The zero-order valence-corrected chi connectivity index (χ0v) is 12.9. The Morgan fingerprint density at radius 3 is 2.35 bits per heavy atom. The van der Waals surface area contributed by atoms with Gasteiger partial charge in [0.2, 0.25) is 0 Å². The molecule has 20 heavy (non-hydrogen) atoms. The second-order valence-corrected chi connectivity index (χ2v) is 8.09. The lowest BCUT2D eigenvalue weighted by Gasteiger charge is -2.40. The molecule has 0 bridgehead atoms. The first-order valence-corrected chi connectivity index (χ1v) is 9.37. The molecule has 2 heteroatoms. The summed E-state index contributed by atoms with van der Waals surface area (Å²) in [6.07, 6.45) is 14.8. The lowest BCUT2D eigenvalue weighted by atomic mass is 9.78. The smallest absolute Gasteiger partial charge is 0.0195 e. The van der Waals surface area contributed by atoms with Crippen molar-refractivity contribution in [1.29, 1.82) is 0 Å². The molecule has 1 heterocycles. The summed E-state index contributed by atoms with van der Waals surface area (Å²) < 4.78 is 0. The Morgan fingerprint density at radius 2 is 1.60 bits per heavy atom.